The zero-order valence-electron chi connectivity index (χ0n) is 22.5. The molecule has 1 spiro atoms. The molecule has 0 unspecified atom stereocenters. The van der Waals surface area contributed by atoms with Gasteiger partial charge in [0, 0.05) is 34.8 Å². The normalized spacial score (nSPS) is 18.7. The molecule has 3 aromatic carbocycles. The lowest BCUT2D eigenvalue weighted by Crippen LogP contribution is -2.58. The van der Waals surface area contributed by atoms with Crippen LogP contribution in [0.1, 0.15) is 53.7 Å². The van der Waals surface area contributed by atoms with Crippen molar-refractivity contribution >= 4 is 22.5 Å². The number of rotatable bonds is 7. The summed E-state index contributed by atoms with van der Waals surface area (Å²) >= 11 is 0. The average Bonchev–Trinajstić information content (AvgIpc) is 3.44. The van der Waals surface area contributed by atoms with E-state index in [1.54, 1.807) is 12.3 Å². The Labute approximate surface area is 230 Å². The van der Waals surface area contributed by atoms with Crippen LogP contribution in [-0.4, -0.2) is 47.5 Å². The Hall–Kier alpha value is -3.58. The molecule has 1 aromatic heterocycles. The number of quaternary nitrogens is 1. The molecule has 1 N–H and O–H groups in total. The lowest BCUT2D eigenvalue weighted by Gasteiger charge is -2.50. The number of carbonyl (C=O) groups is 1. The zero-order chi connectivity index (χ0) is 26.7. The smallest absolute Gasteiger partial charge is 0.256 e. The summed E-state index contributed by atoms with van der Waals surface area (Å²) in [6.45, 7) is 6.50. The molecule has 0 saturated carbocycles. The van der Waals surface area contributed by atoms with Crippen molar-refractivity contribution in [1.82, 2.24) is 4.98 Å². The summed E-state index contributed by atoms with van der Waals surface area (Å²) in [5.41, 5.74) is 4.84. The van der Waals surface area contributed by atoms with Gasteiger partial charge in [-0.25, -0.2) is 0 Å². The molecule has 2 saturated heterocycles. The van der Waals surface area contributed by atoms with Gasteiger partial charge >= 0.3 is 0 Å². The maximum atomic E-state index is 13.3. The topological polar surface area (TPSA) is 60.5 Å². The van der Waals surface area contributed by atoms with E-state index >= 15 is 0 Å². The fourth-order valence-corrected chi connectivity index (χ4v) is 6.61. The molecular formula is C33H36N3O3+. The van der Waals surface area contributed by atoms with Gasteiger partial charge in [-0.15, -0.1) is 0 Å². The summed E-state index contributed by atoms with van der Waals surface area (Å²) < 4.78 is 13.1. The van der Waals surface area contributed by atoms with Gasteiger partial charge in [0.1, 0.15) is 12.6 Å². The molecule has 6 nitrogen and oxygen atoms in total. The molecule has 4 aromatic rings. The van der Waals surface area contributed by atoms with E-state index in [2.05, 4.69) is 59.7 Å². The van der Waals surface area contributed by atoms with Crippen molar-refractivity contribution in [1.29, 1.82) is 0 Å². The van der Waals surface area contributed by atoms with E-state index in [1.165, 1.54) is 11.1 Å². The molecule has 6 rings (SSSR count). The van der Waals surface area contributed by atoms with Crippen LogP contribution in [0.5, 0.6) is 0 Å². The number of benzene rings is 3. The van der Waals surface area contributed by atoms with E-state index in [1.807, 2.05) is 36.4 Å². The molecule has 1 amide bonds. The van der Waals surface area contributed by atoms with Crippen LogP contribution in [-0.2, 0) is 16.0 Å². The quantitative estimate of drug-likeness (QED) is 0.282. The Kier molecular flexibility index (Phi) is 7.17. The number of hydrogen-bond acceptors (Lipinski definition) is 4. The number of carbonyl (C=O) groups excluding carboxylic acids is 1. The highest BCUT2D eigenvalue weighted by Crippen LogP contribution is 2.42. The predicted molar refractivity (Wildman–Crippen MR) is 153 cm³/mol. The van der Waals surface area contributed by atoms with Crippen LogP contribution in [0.15, 0.2) is 91.1 Å². The molecule has 39 heavy (non-hydrogen) atoms. The van der Waals surface area contributed by atoms with Gasteiger partial charge in [0.05, 0.1) is 50.2 Å². The van der Waals surface area contributed by atoms with Crippen LogP contribution in [0.3, 0.4) is 0 Å². The Morgan fingerprint density at radius 3 is 2.46 bits per heavy atom. The molecule has 2 fully saturated rings. The van der Waals surface area contributed by atoms with Gasteiger partial charge in [0.15, 0.2) is 5.79 Å². The summed E-state index contributed by atoms with van der Waals surface area (Å²) in [6, 6.07) is 29.1. The van der Waals surface area contributed by atoms with E-state index in [0.29, 0.717) is 24.8 Å². The van der Waals surface area contributed by atoms with Crippen molar-refractivity contribution in [2.45, 2.75) is 44.6 Å². The van der Waals surface area contributed by atoms with Gasteiger partial charge in [-0.1, -0.05) is 67.6 Å². The largest absolute Gasteiger partial charge is 0.347 e. The second-order valence-corrected chi connectivity index (χ2v) is 10.8. The molecule has 0 radical (unpaired) electrons. The summed E-state index contributed by atoms with van der Waals surface area (Å²) in [5, 5.41) is 3.99. The first-order valence-electron chi connectivity index (χ1n) is 14.0. The van der Waals surface area contributed by atoms with Crippen LogP contribution in [0.4, 0.5) is 5.69 Å². The van der Waals surface area contributed by atoms with Crippen molar-refractivity contribution in [2.75, 3.05) is 31.6 Å². The number of anilines is 1. The Bertz CT molecular complexity index is 1430. The predicted octanol–water partition coefficient (Wildman–Crippen LogP) is 6.49. The standard InChI is InChI=1S/C33H35N3O3/c1-2-31(26-10-4-3-5-11-26)36(19-16-33(17-20-36)38-21-22-39-33)24-25-9-8-12-27(23-25)35-32(37)29-15-18-34-30-14-7-6-13-28(29)30/h3-15,18,23,31H,2,16-17,19-22,24H2,1H3/p+1/t31-/m0/s1. The highest BCUT2D eigenvalue weighted by atomic mass is 16.7. The molecule has 6 heteroatoms. The van der Waals surface area contributed by atoms with Crippen LogP contribution >= 0.6 is 0 Å². The number of hydrogen-bond donors (Lipinski definition) is 1. The molecule has 2 aliphatic heterocycles. The maximum absolute atomic E-state index is 13.3. The lowest BCUT2D eigenvalue weighted by atomic mass is 9.91. The summed E-state index contributed by atoms with van der Waals surface area (Å²) in [7, 11) is 0. The van der Waals surface area contributed by atoms with Crippen LogP contribution in [0, 0.1) is 0 Å². The number of likely N-dealkylation sites (tertiary alicyclic amines) is 1. The minimum atomic E-state index is -0.417. The SMILES string of the molecule is CC[C@@H](c1ccccc1)[N+]1(Cc2cccc(NC(=O)c3ccnc4ccccc34)c2)CCC2(CC1)OCCO2. The molecule has 0 bridgehead atoms. The van der Waals surface area contributed by atoms with Gasteiger partial charge in [-0.05, 0) is 24.3 Å². The number of amides is 1. The molecule has 2 aliphatic rings. The van der Waals surface area contributed by atoms with Gasteiger partial charge in [-0.3, -0.25) is 9.78 Å². The number of nitrogens with one attached hydrogen (secondary N) is 1. The first-order chi connectivity index (χ1) is 19.1. The number of ether oxygens (including phenoxy) is 2. The van der Waals surface area contributed by atoms with Crippen molar-refractivity contribution in [3.05, 3.63) is 108 Å². The fraction of sp³-hybridized carbons (Fsp3) is 0.333. The van der Waals surface area contributed by atoms with E-state index in [0.717, 1.165) is 60.0 Å². The molecule has 0 aliphatic carbocycles. The van der Waals surface area contributed by atoms with Crippen molar-refractivity contribution in [3.8, 4) is 0 Å². The average molecular weight is 523 g/mol. The zero-order valence-corrected chi connectivity index (χ0v) is 22.5. The highest BCUT2D eigenvalue weighted by molar-refractivity contribution is 6.12. The number of aromatic nitrogens is 1. The maximum Gasteiger partial charge on any atom is 0.256 e. The second-order valence-electron chi connectivity index (χ2n) is 10.8. The van der Waals surface area contributed by atoms with Crippen LogP contribution < -0.4 is 5.32 Å². The number of pyridine rings is 1. The summed E-state index contributed by atoms with van der Waals surface area (Å²) in [6.07, 6.45) is 4.52. The third kappa shape index (κ3) is 5.20. The van der Waals surface area contributed by atoms with Gasteiger partial charge in [0.25, 0.3) is 5.91 Å². The molecular weight excluding hydrogens is 486 g/mol. The Morgan fingerprint density at radius 1 is 0.949 bits per heavy atom. The number of piperidine rings is 1. The van der Waals surface area contributed by atoms with Crippen LogP contribution in [0.25, 0.3) is 10.9 Å². The minimum Gasteiger partial charge on any atom is -0.347 e. The highest BCUT2D eigenvalue weighted by Gasteiger charge is 2.49. The van der Waals surface area contributed by atoms with Crippen molar-refractivity contribution in [3.63, 3.8) is 0 Å². The number of para-hydroxylation sites is 1. The third-order valence-corrected chi connectivity index (χ3v) is 8.50. The van der Waals surface area contributed by atoms with E-state index < -0.39 is 5.79 Å². The summed E-state index contributed by atoms with van der Waals surface area (Å²) in [5.74, 6) is -0.541. The Morgan fingerprint density at radius 2 is 1.69 bits per heavy atom. The lowest BCUT2D eigenvalue weighted by molar-refractivity contribution is -0.976. The van der Waals surface area contributed by atoms with E-state index in [4.69, 9.17) is 9.47 Å². The van der Waals surface area contributed by atoms with Gasteiger partial charge in [-0.2, -0.15) is 0 Å². The second kappa shape index (κ2) is 10.9. The first kappa shape index (κ1) is 25.7. The monoisotopic (exact) mass is 522 g/mol. The third-order valence-electron chi connectivity index (χ3n) is 8.50. The van der Waals surface area contributed by atoms with Crippen molar-refractivity contribution in [2.24, 2.45) is 0 Å². The molecule has 200 valence electrons. The molecule has 3 heterocycles. The fourth-order valence-electron chi connectivity index (χ4n) is 6.61. The van der Waals surface area contributed by atoms with Gasteiger partial charge in [0.2, 0.25) is 0 Å². The minimum absolute atomic E-state index is 0.124. The van der Waals surface area contributed by atoms with E-state index in [9.17, 15) is 4.79 Å². The first-order valence-corrected chi connectivity index (χ1v) is 14.0. The Balaban J connectivity index is 1.27. The molecule has 1 atom stereocenters. The summed E-state index contributed by atoms with van der Waals surface area (Å²) in [4.78, 5) is 17.7. The van der Waals surface area contributed by atoms with Crippen molar-refractivity contribution < 1.29 is 18.8 Å². The van der Waals surface area contributed by atoms with Gasteiger partial charge < -0.3 is 19.3 Å². The number of fused-ring (bicyclic) bond motifs is 1. The number of nitrogens with zero attached hydrogens (tertiary/aromatic N) is 2. The van der Waals surface area contributed by atoms with E-state index in [-0.39, 0.29) is 5.91 Å². The van der Waals surface area contributed by atoms with Crippen LogP contribution in [0.2, 0.25) is 0 Å².